The van der Waals surface area contributed by atoms with Crippen molar-refractivity contribution in [2.24, 2.45) is 11.7 Å². The molecule has 2 aliphatic rings. The quantitative estimate of drug-likeness (QED) is 0.726. The van der Waals surface area contributed by atoms with Crippen LogP contribution in [0.15, 0.2) is 0 Å². The molecule has 0 spiro atoms. The molecule has 17 heavy (non-hydrogen) atoms. The SMILES string of the molecule is CN1CCC(C(=O)N2CCCC2CN)CC1=O. The predicted molar refractivity (Wildman–Crippen MR) is 64.2 cm³/mol. The van der Waals surface area contributed by atoms with Gasteiger partial charge in [-0.3, -0.25) is 9.59 Å². The van der Waals surface area contributed by atoms with Gasteiger partial charge in [-0.1, -0.05) is 0 Å². The average molecular weight is 239 g/mol. The smallest absolute Gasteiger partial charge is 0.226 e. The van der Waals surface area contributed by atoms with Gasteiger partial charge in [0.05, 0.1) is 0 Å². The van der Waals surface area contributed by atoms with Crippen LogP contribution in [0.4, 0.5) is 0 Å². The molecule has 5 heteroatoms. The number of likely N-dealkylation sites (tertiary alicyclic amines) is 2. The third-order valence-corrected chi connectivity index (χ3v) is 3.94. The molecule has 0 radical (unpaired) electrons. The first kappa shape index (κ1) is 12.4. The van der Waals surface area contributed by atoms with E-state index in [1.165, 1.54) is 0 Å². The first-order valence-electron chi connectivity index (χ1n) is 6.38. The Hall–Kier alpha value is -1.10. The molecule has 5 nitrogen and oxygen atoms in total. The van der Waals surface area contributed by atoms with Gasteiger partial charge in [0.25, 0.3) is 0 Å². The number of hydrogen-bond donors (Lipinski definition) is 1. The lowest BCUT2D eigenvalue weighted by Crippen LogP contribution is -2.47. The Bertz CT molecular complexity index is 319. The lowest BCUT2D eigenvalue weighted by molar-refractivity contribution is -0.144. The number of hydrogen-bond acceptors (Lipinski definition) is 3. The van der Waals surface area contributed by atoms with Crippen LogP contribution in [0.25, 0.3) is 0 Å². The summed E-state index contributed by atoms with van der Waals surface area (Å²) in [6, 6.07) is 0.192. The number of nitrogens with zero attached hydrogens (tertiary/aromatic N) is 2. The Kier molecular flexibility index (Phi) is 3.66. The van der Waals surface area contributed by atoms with Crippen molar-refractivity contribution in [1.29, 1.82) is 0 Å². The van der Waals surface area contributed by atoms with Crippen LogP contribution in [0.5, 0.6) is 0 Å². The van der Waals surface area contributed by atoms with Crippen molar-refractivity contribution in [3.8, 4) is 0 Å². The molecular weight excluding hydrogens is 218 g/mol. The van der Waals surface area contributed by atoms with Gasteiger partial charge in [-0.2, -0.15) is 0 Å². The number of piperidine rings is 1. The van der Waals surface area contributed by atoms with E-state index in [0.29, 0.717) is 19.5 Å². The highest BCUT2D eigenvalue weighted by Crippen LogP contribution is 2.24. The lowest BCUT2D eigenvalue weighted by atomic mass is 9.94. The fourth-order valence-electron chi connectivity index (χ4n) is 2.76. The molecular formula is C12H21N3O2. The highest BCUT2D eigenvalue weighted by atomic mass is 16.2. The summed E-state index contributed by atoms with van der Waals surface area (Å²) in [6.07, 6.45) is 3.19. The third-order valence-electron chi connectivity index (χ3n) is 3.94. The van der Waals surface area contributed by atoms with Crippen molar-refractivity contribution in [1.82, 2.24) is 9.80 Å². The van der Waals surface area contributed by atoms with Crippen molar-refractivity contribution in [3.05, 3.63) is 0 Å². The second kappa shape index (κ2) is 5.04. The van der Waals surface area contributed by atoms with E-state index < -0.39 is 0 Å². The number of amides is 2. The monoisotopic (exact) mass is 239 g/mol. The highest BCUT2D eigenvalue weighted by Gasteiger charge is 2.35. The second-order valence-electron chi connectivity index (χ2n) is 5.07. The molecule has 2 unspecified atom stereocenters. The Morgan fingerprint density at radius 3 is 2.82 bits per heavy atom. The van der Waals surface area contributed by atoms with Crippen LogP contribution in [-0.2, 0) is 9.59 Å². The van der Waals surface area contributed by atoms with Gasteiger partial charge < -0.3 is 15.5 Å². The Morgan fingerprint density at radius 1 is 1.41 bits per heavy atom. The van der Waals surface area contributed by atoms with E-state index in [4.69, 9.17) is 5.73 Å². The standard InChI is InChI=1S/C12H21N3O2/c1-14-6-4-9(7-11(14)16)12(17)15-5-2-3-10(15)8-13/h9-10H,2-8,13H2,1H3. The molecule has 0 aromatic carbocycles. The van der Waals surface area contributed by atoms with Gasteiger partial charge in [0.15, 0.2) is 0 Å². The number of carbonyl (C=O) groups is 2. The van der Waals surface area contributed by atoms with Crippen LogP contribution < -0.4 is 5.73 Å². The molecule has 0 saturated carbocycles. The summed E-state index contributed by atoms with van der Waals surface area (Å²) in [4.78, 5) is 27.5. The zero-order valence-electron chi connectivity index (χ0n) is 10.4. The second-order valence-corrected chi connectivity index (χ2v) is 5.07. The summed E-state index contributed by atoms with van der Waals surface area (Å²) in [5, 5.41) is 0. The minimum atomic E-state index is -0.120. The first-order valence-corrected chi connectivity index (χ1v) is 6.38. The number of nitrogens with two attached hydrogens (primary N) is 1. The highest BCUT2D eigenvalue weighted by molar-refractivity contribution is 5.87. The molecule has 2 amide bonds. The summed E-state index contributed by atoms with van der Waals surface area (Å²) >= 11 is 0. The van der Waals surface area contributed by atoms with Crippen LogP contribution in [0.2, 0.25) is 0 Å². The topological polar surface area (TPSA) is 66.6 Å². The van der Waals surface area contributed by atoms with Crippen LogP contribution in [-0.4, -0.2) is 54.3 Å². The lowest BCUT2D eigenvalue weighted by Gasteiger charge is -2.32. The van der Waals surface area contributed by atoms with E-state index in [-0.39, 0.29) is 23.8 Å². The zero-order chi connectivity index (χ0) is 12.4. The predicted octanol–water partition coefficient (Wildman–Crippen LogP) is -0.195. The third kappa shape index (κ3) is 2.44. The van der Waals surface area contributed by atoms with E-state index in [9.17, 15) is 9.59 Å². The summed E-state index contributed by atoms with van der Waals surface area (Å²) in [5.41, 5.74) is 5.67. The fraction of sp³-hybridized carbons (Fsp3) is 0.833. The normalized spacial score (nSPS) is 29.9. The van der Waals surface area contributed by atoms with E-state index in [2.05, 4.69) is 0 Å². The summed E-state index contributed by atoms with van der Waals surface area (Å²) < 4.78 is 0. The Labute approximate surface area is 102 Å². The molecule has 2 heterocycles. The summed E-state index contributed by atoms with van der Waals surface area (Å²) in [7, 11) is 1.79. The number of rotatable bonds is 2. The van der Waals surface area contributed by atoms with Gasteiger partial charge in [-0.15, -0.1) is 0 Å². The average Bonchev–Trinajstić information content (AvgIpc) is 2.80. The largest absolute Gasteiger partial charge is 0.346 e. The summed E-state index contributed by atoms with van der Waals surface area (Å²) in [5.74, 6) is 0.100. The maximum absolute atomic E-state index is 12.3. The molecule has 2 rings (SSSR count). The molecule has 96 valence electrons. The Balaban J connectivity index is 1.98. The number of carbonyl (C=O) groups excluding carboxylic acids is 2. The zero-order valence-corrected chi connectivity index (χ0v) is 10.4. The van der Waals surface area contributed by atoms with Crippen LogP contribution in [0.3, 0.4) is 0 Å². The maximum atomic E-state index is 12.3. The molecule has 2 saturated heterocycles. The molecule has 2 atom stereocenters. The van der Waals surface area contributed by atoms with Gasteiger partial charge in [-0.05, 0) is 19.3 Å². The van der Waals surface area contributed by atoms with E-state index in [0.717, 1.165) is 25.8 Å². The van der Waals surface area contributed by atoms with Gasteiger partial charge in [0.1, 0.15) is 0 Å². The molecule has 0 aromatic rings. The van der Waals surface area contributed by atoms with Gasteiger partial charge >= 0.3 is 0 Å². The van der Waals surface area contributed by atoms with Crippen LogP contribution in [0.1, 0.15) is 25.7 Å². The molecule has 0 aromatic heterocycles. The van der Waals surface area contributed by atoms with E-state index in [1.807, 2.05) is 4.90 Å². The van der Waals surface area contributed by atoms with E-state index in [1.54, 1.807) is 11.9 Å². The maximum Gasteiger partial charge on any atom is 0.226 e. The van der Waals surface area contributed by atoms with Gasteiger partial charge in [-0.25, -0.2) is 0 Å². The van der Waals surface area contributed by atoms with Crippen LogP contribution in [0, 0.1) is 5.92 Å². The molecule has 2 N–H and O–H groups in total. The minimum Gasteiger partial charge on any atom is -0.346 e. The van der Waals surface area contributed by atoms with Crippen LogP contribution >= 0.6 is 0 Å². The summed E-state index contributed by atoms with van der Waals surface area (Å²) in [6.45, 7) is 2.03. The van der Waals surface area contributed by atoms with Crippen molar-refractivity contribution in [2.75, 3.05) is 26.7 Å². The van der Waals surface area contributed by atoms with Gasteiger partial charge in [0, 0.05) is 45.1 Å². The minimum absolute atomic E-state index is 0.0816. The van der Waals surface area contributed by atoms with Crippen molar-refractivity contribution < 1.29 is 9.59 Å². The van der Waals surface area contributed by atoms with Crippen molar-refractivity contribution in [3.63, 3.8) is 0 Å². The fourth-order valence-corrected chi connectivity index (χ4v) is 2.76. The van der Waals surface area contributed by atoms with Crippen molar-refractivity contribution >= 4 is 11.8 Å². The molecule has 0 aliphatic carbocycles. The van der Waals surface area contributed by atoms with E-state index >= 15 is 0 Å². The molecule has 0 bridgehead atoms. The molecule has 2 fully saturated rings. The van der Waals surface area contributed by atoms with Gasteiger partial charge in [0.2, 0.25) is 11.8 Å². The Morgan fingerprint density at radius 2 is 2.18 bits per heavy atom. The molecule has 2 aliphatic heterocycles. The first-order chi connectivity index (χ1) is 8.13. The van der Waals surface area contributed by atoms with Crippen molar-refractivity contribution in [2.45, 2.75) is 31.7 Å².